The lowest BCUT2D eigenvalue weighted by Gasteiger charge is -2.24. The fraction of sp³-hybridized carbons (Fsp3) is 1.00. The van der Waals surface area contributed by atoms with Crippen molar-refractivity contribution in [3.63, 3.8) is 0 Å². The number of fused-ring (bicyclic) bond motifs is 1. The normalized spacial score (nSPS) is 52.3. The third-order valence-corrected chi connectivity index (χ3v) is 3.09. The molecule has 4 heteroatoms. The van der Waals surface area contributed by atoms with Crippen LogP contribution in [0.5, 0.6) is 0 Å². The molecular formula is C10H18O4. The third kappa shape index (κ3) is 1.46. The first-order chi connectivity index (χ1) is 6.59. The Kier molecular flexibility index (Phi) is 2.55. The highest BCUT2D eigenvalue weighted by Crippen LogP contribution is 2.39. The van der Waals surface area contributed by atoms with E-state index in [0.717, 1.165) is 12.8 Å². The first-order valence-electron chi connectivity index (χ1n) is 5.29. The summed E-state index contributed by atoms with van der Waals surface area (Å²) in [5.41, 5.74) is 0. The number of aliphatic hydroxyl groups is 1. The van der Waals surface area contributed by atoms with Crippen molar-refractivity contribution in [2.24, 2.45) is 0 Å². The molecule has 2 rings (SSSR count). The van der Waals surface area contributed by atoms with Crippen LogP contribution in [-0.4, -0.2) is 35.5 Å². The molecule has 0 amide bonds. The second-order valence-corrected chi connectivity index (χ2v) is 4.13. The number of rotatable bonds is 2. The van der Waals surface area contributed by atoms with Gasteiger partial charge in [0.2, 0.25) is 0 Å². The highest BCUT2D eigenvalue weighted by molar-refractivity contribution is 4.92. The van der Waals surface area contributed by atoms with Gasteiger partial charge >= 0.3 is 0 Å². The summed E-state index contributed by atoms with van der Waals surface area (Å²) in [6.45, 7) is 5.85. The van der Waals surface area contributed by atoms with Crippen molar-refractivity contribution in [1.29, 1.82) is 0 Å². The van der Waals surface area contributed by atoms with E-state index in [9.17, 15) is 5.11 Å². The Morgan fingerprint density at radius 2 is 2.00 bits per heavy atom. The van der Waals surface area contributed by atoms with E-state index in [0.29, 0.717) is 0 Å². The first kappa shape index (κ1) is 10.4. The van der Waals surface area contributed by atoms with Crippen LogP contribution in [0.15, 0.2) is 0 Å². The van der Waals surface area contributed by atoms with Crippen molar-refractivity contribution in [2.75, 3.05) is 0 Å². The van der Waals surface area contributed by atoms with Crippen molar-refractivity contribution < 1.29 is 19.3 Å². The standard InChI is InChI=1S/C10H18O4/c1-4-6-7(11)8-9(12-6)14-10(3,5-2)13-8/h6-9,11H,4-5H2,1-3H3/t6-,7+,8-,9-,10?/m1/s1. The van der Waals surface area contributed by atoms with E-state index in [1.807, 2.05) is 20.8 Å². The molecule has 2 aliphatic rings. The molecule has 2 fully saturated rings. The van der Waals surface area contributed by atoms with Gasteiger partial charge in [-0.25, -0.2) is 0 Å². The number of ether oxygens (including phenoxy) is 3. The Hall–Kier alpha value is -0.160. The molecule has 0 spiro atoms. The quantitative estimate of drug-likeness (QED) is 0.726. The summed E-state index contributed by atoms with van der Waals surface area (Å²) >= 11 is 0. The molecular weight excluding hydrogens is 184 g/mol. The summed E-state index contributed by atoms with van der Waals surface area (Å²) in [5.74, 6) is -0.588. The van der Waals surface area contributed by atoms with E-state index in [1.165, 1.54) is 0 Å². The summed E-state index contributed by atoms with van der Waals surface area (Å²) in [6.07, 6.45) is 0.130. The largest absolute Gasteiger partial charge is 0.387 e. The van der Waals surface area contributed by atoms with Crippen LogP contribution in [0.3, 0.4) is 0 Å². The maximum atomic E-state index is 9.86. The smallest absolute Gasteiger partial charge is 0.190 e. The van der Waals surface area contributed by atoms with Crippen LogP contribution < -0.4 is 0 Å². The van der Waals surface area contributed by atoms with Crippen molar-refractivity contribution in [2.45, 2.75) is 64.0 Å². The third-order valence-electron chi connectivity index (χ3n) is 3.09. The van der Waals surface area contributed by atoms with Gasteiger partial charge in [-0.1, -0.05) is 13.8 Å². The molecule has 2 saturated heterocycles. The number of hydrogen-bond acceptors (Lipinski definition) is 4. The van der Waals surface area contributed by atoms with Crippen LogP contribution in [0.1, 0.15) is 33.6 Å². The Morgan fingerprint density at radius 1 is 1.29 bits per heavy atom. The Balaban J connectivity index is 2.05. The second kappa shape index (κ2) is 3.45. The highest BCUT2D eigenvalue weighted by atomic mass is 16.8. The van der Waals surface area contributed by atoms with Crippen LogP contribution in [0.4, 0.5) is 0 Å². The molecule has 0 bridgehead atoms. The van der Waals surface area contributed by atoms with Gasteiger partial charge in [0, 0.05) is 0 Å². The van der Waals surface area contributed by atoms with Gasteiger partial charge in [0.1, 0.15) is 12.2 Å². The predicted molar refractivity (Wildman–Crippen MR) is 49.6 cm³/mol. The molecule has 2 heterocycles. The minimum atomic E-state index is -0.588. The highest BCUT2D eigenvalue weighted by Gasteiger charge is 2.54. The van der Waals surface area contributed by atoms with Gasteiger partial charge in [-0.3, -0.25) is 0 Å². The Morgan fingerprint density at radius 3 is 2.50 bits per heavy atom. The van der Waals surface area contributed by atoms with Gasteiger partial charge in [-0.2, -0.15) is 0 Å². The van der Waals surface area contributed by atoms with E-state index in [1.54, 1.807) is 0 Å². The van der Waals surface area contributed by atoms with Crippen molar-refractivity contribution >= 4 is 0 Å². The molecule has 0 aromatic carbocycles. The molecule has 82 valence electrons. The topological polar surface area (TPSA) is 47.9 Å². The molecule has 1 unspecified atom stereocenters. The Bertz CT molecular complexity index is 220. The molecule has 0 saturated carbocycles. The SMILES string of the molecule is CC[C@H]1O[C@@H]2OC(C)(CC)O[C@@H]2[C@H]1O. The molecule has 5 atom stereocenters. The summed E-state index contributed by atoms with van der Waals surface area (Å²) in [7, 11) is 0. The van der Waals surface area contributed by atoms with E-state index in [-0.39, 0.29) is 18.5 Å². The van der Waals surface area contributed by atoms with Crippen molar-refractivity contribution in [1.82, 2.24) is 0 Å². The fourth-order valence-electron chi connectivity index (χ4n) is 1.99. The van der Waals surface area contributed by atoms with Crippen molar-refractivity contribution in [3.05, 3.63) is 0 Å². The molecule has 14 heavy (non-hydrogen) atoms. The summed E-state index contributed by atoms with van der Waals surface area (Å²) in [5, 5.41) is 9.86. The maximum absolute atomic E-state index is 9.86. The molecule has 0 aromatic heterocycles. The summed E-state index contributed by atoms with van der Waals surface area (Å²) in [4.78, 5) is 0. The zero-order chi connectivity index (χ0) is 10.3. The zero-order valence-electron chi connectivity index (χ0n) is 8.90. The number of aliphatic hydroxyl groups excluding tert-OH is 1. The lowest BCUT2D eigenvalue weighted by Crippen LogP contribution is -2.35. The molecule has 4 nitrogen and oxygen atoms in total. The molecule has 0 aliphatic carbocycles. The monoisotopic (exact) mass is 202 g/mol. The average Bonchev–Trinajstić information content (AvgIpc) is 2.64. The van der Waals surface area contributed by atoms with Gasteiger partial charge in [0.05, 0.1) is 6.10 Å². The Labute approximate surface area is 84.1 Å². The number of hydrogen-bond donors (Lipinski definition) is 1. The van der Waals surface area contributed by atoms with Crippen molar-refractivity contribution in [3.8, 4) is 0 Å². The molecule has 2 aliphatic heterocycles. The van der Waals surface area contributed by atoms with Gasteiger partial charge in [-0.15, -0.1) is 0 Å². The zero-order valence-corrected chi connectivity index (χ0v) is 8.90. The molecule has 1 N–H and O–H groups in total. The van der Waals surface area contributed by atoms with E-state index >= 15 is 0 Å². The van der Waals surface area contributed by atoms with Crippen LogP contribution >= 0.6 is 0 Å². The van der Waals surface area contributed by atoms with Gasteiger partial charge < -0.3 is 19.3 Å². The van der Waals surface area contributed by atoms with E-state index in [2.05, 4.69) is 0 Å². The fourth-order valence-corrected chi connectivity index (χ4v) is 1.99. The lowest BCUT2D eigenvalue weighted by atomic mass is 10.1. The van der Waals surface area contributed by atoms with Crippen LogP contribution in [0, 0.1) is 0 Å². The first-order valence-corrected chi connectivity index (χ1v) is 5.29. The molecule has 0 aromatic rings. The maximum Gasteiger partial charge on any atom is 0.190 e. The summed E-state index contributed by atoms with van der Waals surface area (Å²) < 4.78 is 16.8. The van der Waals surface area contributed by atoms with Crippen LogP contribution in [0.2, 0.25) is 0 Å². The van der Waals surface area contributed by atoms with Gasteiger partial charge in [0.15, 0.2) is 12.1 Å². The van der Waals surface area contributed by atoms with Crippen LogP contribution in [-0.2, 0) is 14.2 Å². The average molecular weight is 202 g/mol. The van der Waals surface area contributed by atoms with Gasteiger partial charge in [0.25, 0.3) is 0 Å². The minimum Gasteiger partial charge on any atom is -0.387 e. The predicted octanol–water partition coefficient (Wildman–Crippen LogP) is 1.02. The second-order valence-electron chi connectivity index (χ2n) is 4.13. The van der Waals surface area contributed by atoms with E-state index < -0.39 is 11.9 Å². The lowest BCUT2D eigenvalue weighted by molar-refractivity contribution is -0.225. The minimum absolute atomic E-state index is 0.147. The molecule has 0 radical (unpaired) electrons. The van der Waals surface area contributed by atoms with Crippen LogP contribution in [0.25, 0.3) is 0 Å². The van der Waals surface area contributed by atoms with Gasteiger partial charge in [-0.05, 0) is 19.8 Å². The summed E-state index contributed by atoms with van der Waals surface area (Å²) in [6, 6.07) is 0. The van der Waals surface area contributed by atoms with E-state index in [4.69, 9.17) is 14.2 Å².